The molecule has 2 heterocycles. The molecule has 1 aromatic rings. The van der Waals surface area contributed by atoms with E-state index in [-0.39, 0.29) is 22.6 Å². The zero-order valence-electron chi connectivity index (χ0n) is 15.8. The van der Waals surface area contributed by atoms with Crippen molar-refractivity contribution in [2.75, 3.05) is 20.1 Å². The summed E-state index contributed by atoms with van der Waals surface area (Å²) in [5, 5.41) is 0. The summed E-state index contributed by atoms with van der Waals surface area (Å²) in [6.45, 7) is 6.53. The molecule has 1 fully saturated rings. The summed E-state index contributed by atoms with van der Waals surface area (Å²) in [6.07, 6.45) is -4.64. The van der Waals surface area contributed by atoms with Crippen LogP contribution >= 0.6 is 0 Å². The Labute approximate surface area is 156 Å². The molecule has 0 aromatic heterocycles. The number of rotatable bonds is 1. The lowest BCUT2D eigenvalue weighted by Gasteiger charge is -2.25. The van der Waals surface area contributed by atoms with E-state index in [9.17, 15) is 22.8 Å². The second kappa shape index (κ2) is 6.42. The minimum atomic E-state index is -4.54. The first kappa shape index (κ1) is 19.5. The Balaban J connectivity index is 1.86. The highest BCUT2D eigenvalue weighted by Crippen LogP contribution is 2.36. The summed E-state index contributed by atoms with van der Waals surface area (Å²) in [5.74, 6) is -0.432. The molecule has 148 valence electrons. The first-order valence-electron chi connectivity index (χ1n) is 8.80. The molecule has 5 nitrogen and oxygen atoms in total. The third-order valence-electron chi connectivity index (χ3n) is 4.90. The third-order valence-corrected chi connectivity index (χ3v) is 4.90. The van der Waals surface area contributed by atoms with Crippen LogP contribution in [-0.4, -0.2) is 53.9 Å². The van der Waals surface area contributed by atoms with Crippen LogP contribution in [0.1, 0.15) is 43.1 Å². The van der Waals surface area contributed by atoms with E-state index in [0.717, 1.165) is 12.1 Å². The van der Waals surface area contributed by atoms with Crippen LogP contribution in [0.3, 0.4) is 0 Å². The standard InChI is InChI=1S/C19H23F3N2O3/c1-18(2,3)8-16(25)24-9-13-15(10-24)27-14-6-5-11(19(20,21)22)7-12(14)17(26)23(13)4/h5-7,13,15H,8-10H2,1-4H3. The number of benzene rings is 1. The second-order valence-electron chi connectivity index (χ2n) is 8.38. The van der Waals surface area contributed by atoms with Crippen LogP contribution in [0.2, 0.25) is 0 Å². The molecule has 0 spiro atoms. The maximum absolute atomic E-state index is 13.0. The molecular formula is C19H23F3N2O3. The molecule has 2 unspecified atom stereocenters. The van der Waals surface area contributed by atoms with Gasteiger partial charge in [0.15, 0.2) is 0 Å². The van der Waals surface area contributed by atoms with Gasteiger partial charge < -0.3 is 14.5 Å². The lowest BCUT2D eigenvalue weighted by atomic mass is 9.92. The van der Waals surface area contributed by atoms with Crippen molar-refractivity contribution in [3.05, 3.63) is 29.3 Å². The van der Waals surface area contributed by atoms with Crippen LogP contribution in [0.4, 0.5) is 13.2 Å². The van der Waals surface area contributed by atoms with Gasteiger partial charge in [-0.2, -0.15) is 13.2 Å². The van der Waals surface area contributed by atoms with Crippen LogP contribution in [0, 0.1) is 5.41 Å². The molecule has 8 heteroatoms. The van der Waals surface area contributed by atoms with Crippen molar-refractivity contribution in [2.24, 2.45) is 5.41 Å². The molecule has 2 aliphatic rings. The fraction of sp³-hybridized carbons (Fsp3) is 0.579. The van der Waals surface area contributed by atoms with Gasteiger partial charge in [0.2, 0.25) is 5.91 Å². The lowest BCUT2D eigenvalue weighted by molar-refractivity contribution is -0.137. The van der Waals surface area contributed by atoms with E-state index in [4.69, 9.17) is 4.74 Å². The number of alkyl halides is 3. The number of amides is 2. The van der Waals surface area contributed by atoms with Crippen molar-refractivity contribution < 1.29 is 27.5 Å². The van der Waals surface area contributed by atoms with E-state index >= 15 is 0 Å². The van der Waals surface area contributed by atoms with E-state index < -0.39 is 29.8 Å². The van der Waals surface area contributed by atoms with E-state index in [1.807, 2.05) is 20.8 Å². The molecule has 3 rings (SSSR count). The van der Waals surface area contributed by atoms with Crippen LogP contribution in [0.25, 0.3) is 0 Å². The predicted molar refractivity (Wildman–Crippen MR) is 92.4 cm³/mol. The number of hydrogen-bond acceptors (Lipinski definition) is 3. The highest BCUT2D eigenvalue weighted by molar-refractivity contribution is 5.97. The fourth-order valence-electron chi connectivity index (χ4n) is 3.49. The highest BCUT2D eigenvalue weighted by Gasteiger charge is 2.44. The Morgan fingerprint density at radius 1 is 1.22 bits per heavy atom. The normalized spacial score (nSPS) is 22.9. The quantitative estimate of drug-likeness (QED) is 0.747. The molecule has 27 heavy (non-hydrogen) atoms. The number of likely N-dealkylation sites (tertiary alicyclic amines) is 1. The maximum Gasteiger partial charge on any atom is 0.416 e. The van der Waals surface area contributed by atoms with E-state index in [0.29, 0.717) is 19.5 Å². The number of fused-ring (bicyclic) bond motifs is 2. The van der Waals surface area contributed by atoms with Crippen LogP contribution in [-0.2, 0) is 11.0 Å². The lowest BCUT2D eigenvalue weighted by Crippen LogP contribution is -2.44. The molecule has 0 saturated carbocycles. The Morgan fingerprint density at radius 3 is 2.48 bits per heavy atom. The summed E-state index contributed by atoms with van der Waals surface area (Å²) >= 11 is 0. The van der Waals surface area contributed by atoms with Crippen molar-refractivity contribution in [1.29, 1.82) is 0 Å². The minimum Gasteiger partial charge on any atom is -0.486 e. The van der Waals surface area contributed by atoms with E-state index in [1.165, 1.54) is 18.0 Å². The van der Waals surface area contributed by atoms with Gasteiger partial charge in [-0.25, -0.2) is 0 Å². The molecular weight excluding hydrogens is 361 g/mol. The number of likely N-dealkylation sites (N-methyl/N-ethyl adjacent to an activating group) is 1. The molecule has 2 atom stereocenters. The predicted octanol–water partition coefficient (Wildman–Crippen LogP) is 3.19. The van der Waals surface area contributed by atoms with Gasteiger partial charge in [0.05, 0.1) is 23.7 Å². The van der Waals surface area contributed by atoms with Crippen LogP contribution in [0.15, 0.2) is 18.2 Å². The Kier molecular flexibility index (Phi) is 4.64. The van der Waals surface area contributed by atoms with Gasteiger partial charge in [-0.05, 0) is 23.6 Å². The van der Waals surface area contributed by atoms with Gasteiger partial charge in [-0.3, -0.25) is 9.59 Å². The molecule has 1 saturated heterocycles. The molecule has 0 radical (unpaired) electrons. The van der Waals surface area contributed by atoms with E-state index in [2.05, 4.69) is 0 Å². The number of nitrogens with zero attached hydrogens (tertiary/aromatic N) is 2. The van der Waals surface area contributed by atoms with E-state index in [1.54, 1.807) is 4.90 Å². The summed E-state index contributed by atoms with van der Waals surface area (Å²) in [5.41, 5.74) is -1.15. The van der Waals surface area contributed by atoms with Crippen molar-refractivity contribution in [1.82, 2.24) is 9.80 Å². The number of halogens is 3. The summed E-state index contributed by atoms with van der Waals surface area (Å²) < 4.78 is 44.8. The van der Waals surface area contributed by atoms with Gasteiger partial charge in [0.25, 0.3) is 5.91 Å². The van der Waals surface area contributed by atoms with Crippen molar-refractivity contribution in [3.8, 4) is 5.75 Å². The van der Waals surface area contributed by atoms with Crippen molar-refractivity contribution >= 4 is 11.8 Å². The minimum absolute atomic E-state index is 0.0207. The Bertz CT molecular complexity index is 770. The number of carbonyl (C=O) groups is 2. The molecule has 1 aromatic carbocycles. The average Bonchev–Trinajstić information content (AvgIpc) is 2.91. The molecule has 0 N–H and O–H groups in total. The molecule has 2 amide bonds. The fourth-order valence-corrected chi connectivity index (χ4v) is 3.49. The van der Waals surface area contributed by atoms with Gasteiger partial charge in [0, 0.05) is 20.0 Å². The number of hydrogen-bond donors (Lipinski definition) is 0. The Hall–Kier alpha value is -2.25. The van der Waals surface area contributed by atoms with Gasteiger partial charge in [-0.1, -0.05) is 20.8 Å². The average molecular weight is 384 g/mol. The Morgan fingerprint density at radius 2 is 1.89 bits per heavy atom. The first-order valence-corrected chi connectivity index (χ1v) is 8.80. The van der Waals surface area contributed by atoms with Crippen molar-refractivity contribution in [3.63, 3.8) is 0 Å². The smallest absolute Gasteiger partial charge is 0.416 e. The zero-order chi connectivity index (χ0) is 20.1. The highest BCUT2D eigenvalue weighted by atomic mass is 19.4. The largest absolute Gasteiger partial charge is 0.486 e. The van der Waals surface area contributed by atoms with Crippen molar-refractivity contribution in [2.45, 2.75) is 45.5 Å². The molecule has 2 aliphatic heterocycles. The topological polar surface area (TPSA) is 49.9 Å². The summed E-state index contributed by atoms with van der Waals surface area (Å²) in [6, 6.07) is 2.52. The maximum atomic E-state index is 13.0. The zero-order valence-corrected chi connectivity index (χ0v) is 15.8. The SMILES string of the molecule is CN1C(=O)c2cc(C(F)(F)F)ccc2OC2CN(C(=O)CC(C)(C)C)CC21. The second-order valence-corrected chi connectivity index (χ2v) is 8.38. The van der Waals surface area contributed by atoms with Crippen LogP contribution < -0.4 is 4.74 Å². The first-order chi connectivity index (χ1) is 12.4. The van der Waals surface area contributed by atoms with Crippen LogP contribution in [0.5, 0.6) is 5.75 Å². The molecule has 0 bridgehead atoms. The van der Waals surface area contributed by atoms with Gasteiger partial charge >= 0.3 is 6.18 Å². The number of ether oxygens (including phenoxy) is 1. The third kappa shape index (κ3) is 3.89. The molecule has 0 aliphatic carbocycles. The number of carbonyl (C=O) groups excluding carboxylic acids is 2. The van der Waals surface area contributed by atoms with Gasteiger partial charge in [0.1, 0.15) is 11.9 Å². The van der Waals surface area contributed by atoms with Gasteiger partial charge in [-0.15, -0.1) is 0 Å². The summed E-state index contributed by atoms with van der Waals surface area (Å²) in [4.78, 5) is 28.3. The monoisotopic (exact) mass is 384 g/mol. The summed E-state index contributed by atoms with van der Waals surface area (Å²) in [7, 11) is 1.54.